The van der Waals surface area contributed by atoms with E-state index < -0.39 is 11.9 Å². The molecular weight excluding hydrogens is 224 g/mol. The molecule has 1 aromatic heterocycles. The highest BCUT2D eigenvalue weighted by molar-refractivity contribution is 6.03. The highest BCUT2D eigenvalue weighted by Gasteiger charge is 2.28. The Hall–Kier alpha value is -2.11. The van der Waals surface area contributed by atoms with Crippen LogP contribution in [0.3, 0.4) is 0 Å². The van der Waals surface area contributed by atoms with Crippen molar-refractivity contribution in [1.29, 1.82) is 0 Å². The van der Waals surface area contributed by atoms with E-state index in [2.05, 4.69) is 10.6 Å². The third kappa shape index (κ3) is 2.52. The van der Waals surface area contributed by atoms with Crippen molar-refractivity contribution >= 4 is 17.7 Å². The Balaban J connectivity index is 1.99. The Kier molecular flexibility index (Phi) is 2.95. The Labute approximate surface area is 97.4 Å². The SMILES string of the molecule is Cc1cc(C(=O)NC2CCC(=O)NC2=O)co1. The summed E-state index contributed by atoms with van der Waals surface area (Å²) in [5.41, 5.74) is 0.368. The van der Waals surface area contributed by atoms with Gasteiger partial charge in [0.05, 0.1) is 5.56 Å². The van der Waals surface area contributed by atoms with Gasteiger partial charge in [-0.3, -0.25) is 19.7 Å². The quantitative estimate of drug-likeness (QED) is 0.714. The summed E-state index contributed by atoms with van der Waals surface area (Å²) in [5.74, 6) is -0.524. The lowest BCUT2D eigenvalue weighted by Gasteiger charge is -2.21. The van der Waals surface area contributed by atoms with E-state index in [0.717, 1.165) is 0 Å². The molecule has 1 aliphatic heterocycles. The average Bonchev–Trinajstić information content (AvgIpc) is 2.69. The molecule has 1 aromatic rings. The molecule has 1 aliphatic rings. The third-order valence-corrected chi connectivity index (χ3v) is 2.54. The van der Waals surface area contributed by atoms with E-state index in [-0.39, 0.29) is 18.2 Å². The second-order valence-corrected chi connectivity index (χ2v) is 3.92. The maximum absolute atomic E-state index is 11.7. The molecule has 2 rings (SSSR count). The van der Waals surface area contributed by atoms with Gasteiger partial charge in [0.15, 0.2) is 0 Å². The second kappa shape index (κ2) is 4.40. The van der Waals surface area contributed by atoms with Crippen molar-refractivity contribution in [2.75, 3.05) is 0 Å². The van der Waals surface area contributed by atoms with Crippen molar-refractivity contribution < 1.29 is 18.8 Å². The first-order valence-corrected chi connectivity index (χ1v) is 5.26. The lowest BCUT2D eigenvalue weighted by molar-refractivity contribution is -0.134. The summed E-state index contributed by atoms with van der Waals surface area (Å²) in [6, 6.07) is 0.928. The van der Waals surface area contributed by atoms with Crippen molar-refractivity contribution in [3.63, 3.8) is 0 Å². The van der Waals surface area contributed by atoms with E-state index in [1.54, 1.807) is 13.0 Å². The smallest absolute Gasteiger partial charge is 0.255 e. The summed E-state index contributed by atoms with van der Waals surface area (Å²) in [6.45, 7) is 1.72. The van der Waals surface area contributed by atoms with E-state index in [4.69, 9.17) is 4.42 Å². The summed E-state index contributed by atoms with van der Waals surface area (Å²) >= 11 is 0. The zero-order valence-corrected chi connectivity index (χ0v) is 9.28. The van der Waals surface area contributed by atoms with E-state index in [9.17, 15) is 14.4 Å². The summed E-state index contributed by atoms with van der Waals surface area (Å²) in [7, 11) is 0. The Morgan fingerprint density at radius 3 is 2.88 bits per heavy atom. The van der Waals surface area contributed by atoms with Gasteiger partial charge >= 0.3 is 0 Å². The number of furan rings is 1. The number of imide groups is 1. The van der Waals surface area contributed by atoms with Crippen LogP contribution in [0.15, 0.2) is 16.7 Å². The standard InChI is InChI=1S/C11H12N2O4/c1-6-4-7(5-17-6)10(15)12-8-2-3-9(14)13-11(8)16/h4-5,8H,2-3H2,1H3,(H,12,15)(H,13,14,16). The maximum atomic E-state index is 11.7. The molecule has 2 heterocycles. The van der Waals surface area contributed by atoms with Crippen molar-refractivity contribution in [2.24, 2.45) is 0 Å². The fourth-order valence-electron chi connectivity index (χ4n) is 1.64. The van der Waals surface area contributed by atoms with Gasteiger partial charge < -0.3 is 9.73 Å². The summed E-state index contributed by atoms with van der Waals surface area (Å²) < 4.78 is 5.00. The maximum Gasteiger partial charge on any atom is 0.255 e. The Morgan fingerprint density at radius 2 is 2.29 bits per heavy atom. The highest BCUT2D eigenvalue weighted by atomic mass is 16.3. The van der Waals surface area contributed by atoms with E-state index >= 15 is 0 Å². The molecule has 3 amide bonds. The number of aryl methyl sites for hydroxylation is 1. The predicted octanol–water partition coefficient (Wildman–Crippen LogP) is 0.123. The van der Waals surface area contributed by atoms with Crippen LogP contribution in [-0.2, 0) is 9.59 Å². The van der Waals surface area contributed by atoms with Crippen LogP contribution in [0.2, 0.25) is 0 Å². The van der Waals surface area contributed by atoms with Crippen LogP contribution in [0.1, 0.15) is 29.0 Å². The minimum Gasteiger partial charge on any atom is -0.469 e. The highest BCUT2D eigenvalue weighted by Crippen LogP contribution is 2.09. The second-order valence-electron chi connectivity index (χ2n) is 3.92. The number of carbonyl (C=O) groups is 3. The van der Waals surface area contributed by atoms with Gasteiger partial charge in [-0.15, -0.1) is 0 Å². The molecule has 0 bridgehead atoms. The Morgan fingerprint density at radius 1 is 1.53 bits per heavy atom. The zero-order chi connectivity index (χ0) is 12.4. The van der Waals surface area contributed by atoms with Gasteiger partial charge in [0.25, 0.3) is 5.91 Å². The van der Waals surface area contributed by atoms with Crippen LogP contribution < -0.4 is 10.6 Å². The van der Waals surface area contributed by atoms with Gasteiger partial charge in [-0.25, -0.2) is 0 Å². The van der Waals surface area contributed by atoms with Crippen LogP contribution in [0.25, 0.3) is 0 Å². The van der Waals surface area contributed by atoms with Crippen molar-refractivity contribution in [3.05, 3.63) is 23.7 Å². The van der Waals surface area contributed by atoms with Gasteiger partial charge in [0.2, 0.25) is 11.8 Å². The molecule has 1 unspecified atom stereocenters. The van der Waals surface area contributed by atoms with Gasteiger partial charge in [-0.1, -0.05) is 0 Å². The number of amides is 3. The number of piperidine rings is 1. The minimum absolute atomic E-state index is 0.237. The molecule has 0 spiro atoms. The first kappa shape index (κ1) is 11.4. The molecule has 6 heteroatoms. The largest absolute Gasteiger partial charge is 0.469 e. The first-order chi connectivity index (χ1) is 8.06. The molecule has 1 saturated heterocycles. The van der Waals surface area contributed by atoms with E-state index in [1.807, 2.05) is 0 Å². The fraction of sp³-hybridized carbons (Fsp3) is 0.364. The van der Waals surface area contributed by atoms with E-state index in [1.165, 1.54) is 6.26 Å². The Bertz CT molecular complexity index is 478. The number of carbonyl (C=O) groups excluding carboxylic acids is 3. The zero-order valence-electron chi connectivity index (χ0n) is 9.28. The lowest BCUT2D eigenvalue weighted by Crippen LogP contribution is -2.52. The minimum atomic E-state index is -0.657. The molecule has 0 aliphatic carbocycles. The van der Waals surface area contributed by atoms with Crippen LogP contribution in [0.4, 0.5) is 0 Å². The normalized spacial score (nSPS) is 19.9. The van der Waals surface area contributed by atoms with Crippen molar-refractivity contribution in [2.45, 2.75) is 25.8 Å². The third-order valence-electron chi connectivity index (χ3n) is 2.54. The molecule has 0 aromatic carbocycles. The van der Waals surface area contributed by atoms with Gasteiger partial charge in [-0.05, 0) is 19.4 Å². The van der Waals surface area contributed by atoms with Crippen LogP contribution in [0.5, 0.6) is 0 Å². The lowest BCUT2D eigenvalue weighted by atomic mass is 10.1. The van der Waals surface area contributed by atoms with Crippen LogP contribution >= 0.6 is 0 Å². The molecule has 6 nitrogen and oxygen atoms in total. The predicted molar refractivity (Wildman–Crippen MR) is 57.1 cm³/mol. The molecule has 0 radical (unpaired) electrons. The van der Waals surface area contributed by atoms with Crippen molar-refractivity contribution in [1.82, 2.24) is 10.6 Å². The van der Waals surface area contributed by atoms with Crippen LogP contribution in [-0.4, -0.2) is 23.8 Å². The molecule has 1 fully saturated rings. The monoisotopic (exact) mass is 236 g/mol. The van der Waals surface area contributed by atoms with Gasteiger partial charge in [-0.2, -0.15) is 0 Å². The molecule has 1 atom stereocenters. The molecule has 0 saturated carbocycles. The first-order valence-electron chi connectivity index (χ1n) is 5.26. The molecule has 2 N–H and O–H groups in total. The van der Waals surface area contributed by atoms with Crippen LogP contribution in [0, 0.1) is 6.92 Å². The topological polar surface area (TPSA) is 88.4 Å². The van der Waals surface area contributed by atoms with E-state index in [0.29, 0.717) is 17.7 Å². The molecular formula is C11H12N2O4. The summed E-state index contributed by atoms with van der Waals surface area (Å²) in [5, 5.41) is 4.73. The molecule has 90 valence electrons. The number of hydrogen-bond acceptors (Lipinski definition) is 4. The number of rotatable bonds is 2. The van der Waals surface area contributed by atoms with Gasteiger partial charge in [0, 0.05) is 6.42 Å². The summed E-state index contributed by atoms with van der Waals surface area (Å²) in [6.07, 6.45) is 1.89. The van der Waals surface area contributed by atoms with Crippen molar-refractivity contribution in [3.8, 4) is 0 Å². The number of nitrogens with one attached hydrogen (secondary N) is 2. The fourth-order valence-corrected chi connectivity index (χ4v) is 1.64. The molecule has 17 heavy (non-hydrogen) atoms. The average molecular weight is 236 g/mol. The van der Waals surface area contributed by atoms with Gasteiger partial charge in [0.1, 0.15) is 18.1 Å². The number of hydrogen-bond donors (Lipinski definition) is 2. The summed E-state index contributed by atoms with van der Waals surface area (Å²) in [4.78, 5) is 34.0.